The third-order valence-corrected chi connectivity index (χ3v) is 8.27. The van der Waals surface area contributed by atoms with Crippen LogP contribution in [0, 0.1) is 5.82 Å². The van der Waals surface area contributed by atoms with Gasteiger partial charge in [0.25, 0.3) is 5.91 Å². The number of alkyl halides is 2. The Kier molecular flexibility index (Phi) is 8.79. The van der Waals surface area contributed by atoms with Crippen molar-refractivity contribution < 1.29 is 36.2 Å². The molecule has 40 heavy (non-hydrogen) atoms. The van der Waals surface area contributed by atoms with Crippen LogP contribution in [-0.2, 0) is 22.7 Å². The Morgan fingerprint density at radius 3 is 2.45 bits per heavy atom. The number of amides is 1. The summed E-state index contributed by atoms with van der Waals surface area (Å²) in [6.07, 6.45) is 2.31. The van der Waals surface area contributed by atoms with Gasteiger partial charge in [0.05, 0.1) is 29.0 Å². The summed E-state index contributed by atoms with van der Waals surface area (Å²) in [7, 11) is -3.38. The van der Waals surface area contributed by atoms with E-state index in [1.54, 1.807) is 41.8 Å². The molecule has 8 nitrogen and oxygen atoms in total. The van der Waals surface area contributed by atoms with Crippen molar-refractivity contribution in [3.05, 3.63) is 94.7 Å². The van der Waals surface area contributed by atoms with Gasteiger partial charge >= 0.3 is 6.61 Å². The fourth-order valence-electron chi connectivity index (χ4n) is 4.41. The average Bonchev–Trinajstić information content (AvgIpc) is 3.29. The second kappa shape index (κ2) is 12.1. The smallest absolute Gasteiger partial charge is 0.387 e. The number of carbonyl (C=O) groups is 1. The molecule has 0 radical (unpaired) electrons. The predicted molar refractivity (Wildman–Crippen MR) is 142 cm³/mol. The van der Waals surface area contributed by atoms with Crippen LogP contribution < -0.4 is 10.1 Å². The lowest BCUT2D eigenvalue weighted by Gasteiger charge is -2.17. The molecule has 0 aliphatic rings. The lowest BCUT2D eigenvalue weighted by Crippen LogP contribution is -2.30. The van der Waals surface area contributed by atoms with Crippen molar-refractivity contribution >= 4 is 21.4 Å². The number of aliphatic hydroxyl groups excluding tert-OH is 1. The minimum atomic E-state index is -3.38. The second-order valence-electron chi connectivity index (χ2n) is 8.99. The number of fused-ring (bicyclic) bond motifs is 1. The Morgan fingerprint density at radius 2 is 1.82 bits per heavy atom. The molecule has 0 aliphatic heterocycles. The number of halogens is 3. The zero-order chi connectivity index (χ0) is 29.0. The van der Waals surface area contributed by atoms with Crippen LogP contribution in [0.25, 0.3) is 5.65 Å². The number of sulfone groups is 1. The average molecular weight is 576 g/mol. The minimum absolute atomic E-state index is 0.0429. The third kappa shape index (κ3) is 6.28. The Balaban J connectivity index is 1.58. The number of hydrogen-bond donors (Lipinski definition) is 2. The van der Waals surface area contributed by atoms with Crippen LogP contribution in [0.3, 0.4) is 0 Å². The highest BCUT2D eigenvalue weighted by molar-refractivity contribution is 7.91. The highest BCUT2D eigenvalue weighted by Crippen LogP contribution is 2.27. The number of aliphatic hydroxyl groups is 1. The summed E-state index contributed by atoms with van der Waals surface area (Å²) in [6, 6.07) is 11.8. The molecule has 4 rings (SSSR count). The monoisotopic (exact) mass is 575 g/mol. The molecule has 0 unspecified atom stereocenters. The van der Waals surface area contributed by atoms with Crippen LogP contribution >= 0.6 is 0 Å². The molecule has 2 heterocycles. The van der Waals surface area contributed by atoms with Crippen LogP contribution in [0.5, 0.6) is 5.75 Å². The number of benzene rings is 2. The standard InChI is InChI=1S/C28H28F3N3O5S/c1-3-24-22(13-18-5-8-20(29)15-25(18)39-28(30)31)32-26-14-19(11-12-34(24)26)27(36)33-23(16-35)17-6-9-21(10-7-17)40(37,38)4-2/h5-12,14-15,23,28,35H,3-4,13,16H2,1-2H3,(H,33,36)/t23-/m0/s1. The Bertz CT molecular complexity index is 1620. The summed E-state index contributed by atoms with van der Waals surface area (Å²) >= 11 is 0. The number of carbonyl (C=O) groups excluding carboxylic acids is 1. The summed E-state index contributed by atoms with van der Waals surface area (Å²) in [5, 5.41) is 12.6. The van der Waals surface area contributed by atoms with Crippen LogP contribution in [-0.4, -0.2) is 47.8 Å². The lowest BCUT2D eigenvalue weighted by atomic mass is 10.1. The van der Waals surface area contributed by atoms with E-state index in [4.69, 9.17) is 0 Å². The first-order valence-electron chi connectivity index (χ1n) is 12.5. The van der Waals surface area contributed by atoms with Gasteiger partial charge in [-0.25, -0.2) is 17.8 Å². The second-order valence-corrected chi connectivity index (χ2v) is 11.3. The summed E-state index contributed by atoms with van der Waals surface area (Å²) in [5.41, 5.74) is 2.91. The van der Waals surface area contributed by atoms with Gasteiger partial charge in [0.15, 0.2) is 9.84 Å². The van der Waals surface area contributed by atoms with Gasteiger partial charge in [-0.2, -0.15) is 8.78 Å². The number of pyridine rings is 1. The van der Waals surface area contributed by atoms with E-state index in [9.17, 15) is 31.5 Å². The number of nitrogens with zero attached hydrogens (tertiary/aromatic N) is 2. The molecule has 0 saturated heterocycles. The van der Waals surface area contributed by atoms with Crippen molar-refractivity contribution in [3.63, 3.8) is 0 Å². The Labute approximate surface area is 229 Å². The van der Waals surface area contributed by atoms with Gasteiger partial charge in [0, 0.05) is 35.5 Å². The SMILES string of the molecule is CCc1c(Cc2ccc(F)cc2OC(F)F)nc2cc(C(=O)N[C@@H](CO)c3ccc(S(=O)(=O)CC)cc3)ccn12. The summed E-state index contributed by atoms with van der Waals surface area (Å²) < 4.78 is 69.8. The number of aryl methyl sites for hydroxylation is 1. The van der Waals surface area contributed by atoms with E-state index in [-0.39, 0.29) is 28.4 Å². The maximum atomic E-state index is 13.7. The molecule has 0 saturated carbocycles. The van der Waals surface area contributed by atoms with Gasteiger partial charge in [0.2, 0.25) is 0 Å². The van der Waals surface area contributed by atoms with Gasteiger partial charge in [-0.05, 0) is 42.3 Å². The molecule has 4 aromatic rings. The predicted octanol–water partition coefficient (Wildman–Crippen LogP) is 4.49. The summed E-state index contributed by atoms with van der Waals surface area (Å²) in [4.78, 5) is 17.8. The van der Waals surface area contributed by atoms with Crippen LogP contribution in [0.2, 0.25) is 0 Å². The first-order valence-corrected chi connectivity index (χ1v) is 14.2. The highest BCUT2D eigenvalue weighted by atomic mass is 32.2. The van der Waals surface area contributed by atoms with E-state index in [0.717, 1.165) is 17.8 Å². The summed E-state index contributed by atoms with van der Waals surface area (Å²) in [6.45, 7) is -0.0801. The van der Waals surface area contributed by atoms with Gasteiger partial charge in [-0.1, -0.05) is 32.0 Å². The van der Waals surface area contributed by atoms with Crippen LogP contribution in [0.15, 0.2) is 65.7 Å². The molecule has 1 atom stereocenters. The van der Waals surface area contributed by atoms with Gasteiger partial charge in [-0.15, -0.1) is 0 Å². The molecule has 0 bridgehead atoms. The van der Waals surface area contributed by atoms with E-state index in [2.05, 4.69) is 15.0 Å². The molecule has 12 heteroatoms. The van der Waals surface area contributed by atoms with Gasteiger partial charge in [-0.3, -0.25) is 4.79 Å². The number of rotatable bonds is 11. The zero-order valence-electron chi connectivity index (χ0n) is 21.8. The van der Waals surface area contributed by atoms with Crippen molar-refractivity contribution in [1.29, 1.82) is 0 Å². The molecule has 2 aromatic carbocycles. The van der Waals surface area contributed by atoms with Gasteiger partial charge < -0.3 is 19.6 Å². The van der Waals surface area contributed by atoms with Crippen molar-refractivity contribution in [2.75, 3.05) is 12.4 Å². The normalized spacial score (nSPS) is 12.6. The Morgan fingerprint density at radius 1 is 1.10 bits per heavy atom. The molecular formula is C28H28F3N3O5S. The highest BCUT2D eigenvalue weighted by Gasteiger charge is 2.20. The summed E-state index contributed by atoms with van der Waals surface area (Å²) in [5.74, 6) is -1.51. The molecule has 212 valence electrons. The fourth-order valence-corrected chi connectivity index (χ4v) is 5.30. The maximum absolute atomic E-state index is 13.7. The number of nitrogens with one attached hydrogen (secondary N) is 1. The van der Waals surface area contributed by atoms with E-state index < -0.39 is 40.8 Å². The largest absolute Gasteiger partial charge is 0.434 e. The van der Waals surface area contributed by atoms with Crippen molar-refractivity contribution in [2.45, 2.75) is 44.2 Å². The van der Waals surface area contributed by atoms with E-state index >= 15 is 0 Å². The van der Waals surface area contributed by atoms with E-state index in [1.165, 1.54) is 18.2 Å². The third-order valence-electron chi connectivity index (χ3n) is 6.52. The van der Waals surface area contributed by atoms with Gasteiger partial charge in [0.1, 0.15) is 17.2 Å². The number of hydrogen-bond acceptors (Lipinski definition) is 6. The number of ether oxygens (including phenoxy) is 1. The first-order chi connectivity index (χ1) is 19.1. The number of aromatic nitrogens is 2. The maximum Gasteiger partial charge on any atom is 0.387 e. The zero-order valence-corrected chi connectivity index (χ0v) is 22.6. The molecule has 0 spiro atoms. The van der Waals surface area contributed by atoms with E-state index in [0.29, 0.717) is 28.9 Å². The van der Waals surface area contributed by atoms with Crippen molar-refractivity contribution in [1.82, 2.24) is 14.7 Å². The van der Waals surface area contributed by atoms with Crippen LogP contribution in [0.4, 0.5) is 13.2 Å². The Hall–Kier alpha value is -3.90. The molecule has 0 aliphatic carbocycles. The quantitative estimate of drug-likeness (QED) is 0.273. The van der Waals surface area contributed by atoms with Crippen LogP contribution in [0.1, 0.15) is 52.8 Å². The molecule has 2 N–H and O–H groups in total. The van der Waals surface area contributed by atoms with Crippen molar-refractivity contribution in [2.24, 2.45) is 0 Å². The lowest BCUT2D eigenvalue weighted by molar-refractivity contribution is -0.0505. The van der Waals surface area contributed by atoms with Crippen molar-refractivity contribution in [3.8, 4) is 5.75 Å². The molecule has 0 fully saturated rings. The first kappa shape index (κ1) is 29.1. The molecular weight excluding hydrogens is 547 g/mol. The fraction of sp³-hybridized carbons (Fsp3) is 0.286. The topological polar surface area (TPSA) is 110 Å². The van der Waals surface area contributed by atoms with E-state index in [1.807, 2.05) is 6.92 Å². The molecule has 1 amide bonds. The molecule has 2 aromatic heterocycles. The number of imidazole rings is 1. The minimum Gasteiger partial charge on any atom is -0.434 e.